The normalized spacial score (nSPS) is 12.0. The van der Waals surface area contributed by atoms with E-state index in [-0.39, 0.29) is 11.9 Å². The highest BCUT2D eigenvalue weighted by Crippen LogP contribution is 2.19. The summed E-state index contributed by atoms with van der Waals surface area (Å²) < 4.78 is 0. The van der Waals surface area contributed by atoms with Gasteiger partial charge in [0, 0.05) is 14.1 Å². The second-order valence-corrected chi connectivity index (χ2v) is 3.93. The summed E-state index contributed by atoms with van der Waals surface area (Å²) in [4.78, 5) is 20.7. The molecule has 0 radical (unpaired) electrons. The largest absolute Gasteiger partial charge is 0.368 e. The molecule has 0 aliphatic carbocycles. The number of nitrogen functional groups attached to an aromatic ring is 1. The second kappa shape index (κ2) is 4.98. The smallest absolute Gasteiger partial charge is 0.244 e. The quantitative estimate of drug-likeness (QED) is 0.812. The Balaban J connectivity index is 2.80. The summed E-state index contributed by atoms with van der Waals surface area (Å²) in [5.41, 5.74) is 5.42. The average molecular weight is 244 g/mol. The molecule has 0 fully saturated rings. The molecule has 1 heterocycles. The number of rotatable bonds is 3. The maximum Gasteiger partial charge on any atom is 0.244 e. The third-order valence-corrected chi connectivity index (χ3v) is 2.20. The van der Waals surface area contributed by atoms with Gasteiger partial charge in [-0.25, -0.2) is 4.98 Å². The van der Waals surface area contributed by atoms with Crippen LogP contribution in [-0.2, 0) is 4.79 Å². The fourth-order valence-electron chi connectivity index (χ4n) is 1.14. The molecule has 0 saturated carbocycles. The second-order valence-electron chi connectivity index (χ2n) is 3.52. The number of likely N-dealkylation sites (N-methyl/N-ethyl adjacent to an activating group) is 1. The van der Waals surface area contributed by atoms with Crippen molar-refractivity contribution in [2.24, 2.45) is 0 Å². The molecule has 88 valence electrons. The molecular weight excluding hydrogens is 230 g/mol. The Morgan fingerprint density at radius 3 is 2.81 bits per heavy atom. The molecule has 0 aliphatic rings. The van der Waals surface area contributed by atoms with E-state index in [0.717, 1.165) is 0 Å². The first kappa shape index (κ1) is 12.5. The average Bonchev–Trinajstić information content (AvgIpc) is 2.22. The number of carbonyl (C=O) groups excluding carboxylic acids is 1. The summed E-state index contributed by atoms with van der Waals surface area (Å²) in [5, 5.41) is 3.20. The van der Waals surface area contributed by atoms with Gasteiger partial charge in [-0.2, -0.15) is 4.98 Å². The minimum atomic E-state index is -0.429. The van der Waals surface area contributed by atoms with Gasteiger partial charge < -0.3 is 16.0 Å². The van der Waals surface area contributed by atoms with Crippen LogP contribution in [0.1, 0.15) is 6.92 Å². The molecule has 6 nitrogen and oxygen atoms in total. The van der Waals surface area contributed by atoms with E-state index in [1.54, 1.807) is 21.0 Å². The van der Waals surface area contributed by atoms with Crippen molar-refractivity contribution in [3.63, 3.8) is 0 Å². The molecule has 0 spiro atoms. The number of carbonyl (C=O) groups is 1. The maximum atomic E-state index is 11.6. The fraction of sp³-hybridized carbons (Fsp3) is 0.444. The molecular formula is C9H14ClN5O. The molecule has 0 aliphatic heterocycles. The summed E-state index contributed by atoms with van der Waals surface area (Å²) >= 11 is 5.86. The minimum Gasteiger partial charge on any atom is -0.368 e. The van der Waals surface area contributed by atoms with E-state index < -0.39 is 6.04 Å². The predicted octanol–water partition coefficient (Wildman–Crippen LogP) is 0.601. The lowest BCUT2D eigenvalue weighted by Gasteiger charge is -2.18. The van der Waals surface area contributed by atoms with Gasteiger partial charge in [0.15, 0.2) is 5.82 Å². The molecule has 0 aromatic carbocycles. The molecule has 3 N–H and O–H groups in total. The van der Waals surface area contributed by atoms with Gasteiger partial charge in [0.05, 0.1) is 6.20 Å². The number of amides is 1. The van der Waals surface area contributed by atoms with Crippen LogP contribution in [0.4, 0.5) is 11.8 Å². The lowest BCUT2D eigenvalue weighted by molar-refractivity contribution is -0.129. The van der Waals surface area contributed by atoms with E-state index in [9.17, 15) is 4.79 Å². The highest BCUT2D eigenvalue weighted by Gasteiger charge is 2.16. The fourth-order valence-corrected chi connectivity index (χ4v) is 1.28. The van der Waals surface area contributed by atoms with Crippen molar-refractivity contribution in [1.29, 1.82) is 0 Å². The van der Waals surface area contributed by atoms with Crippen LogP contribution in [0, 0.1) is 0 Å². The predicted molar refractivity (Wildman–Crippen MR) is 63.2 cm³/mol. The first-order valence-electron chi connectivity index (χ1n) is 4.67. The van der Waals surface area contributed by atoms with E-state index in [2.05, 4.69) is 15.3 Å². The van der Waals surface area contributed by atoms with Gasteiger partial charge in [-0.05, 0) is 6.92 Å². The van der Waals surface area contributed by atoms with Crippen LogP contribution >= 0.6 is 11.6 Å². The first-order valence-corrected chi connectivity index (χ1v) is 5.05. The number of anilines is 2. The Morgan fingerprint density at radius 1 is 1.62 bits per heavy atom. The number of aromatic nitrogens is 2. The van der Waals surface area contributed by atoms with Crippen LogP contribution in [-0.4, -0.2) is 40.9 Å². The SMILES string of the molecule is CC(Nc1nc(N)ncc1Cl)C(=O)N(C)C. The number of nitrogens with zero attached hydrogens (tertiary/aromatic N) is 3. The molecule has 1 rings (SSSR count). The third-order valence-electron chi connectivity index (χ3n) is 1.93. The van der Waals surface area contributed by atoms with Crippen molar-refractivity contribution < 1.29 is 4.79 Å². The summed E-state index contributed by atoms with van der Waals surface area (Å²) in [6.07, 6.45) is 1.39. The van der Waals surface area contributed by atoms with Gasteiger partial charge in [-0.15, -0.1) is 0 Å². The Bertz CT molecular complexity index is 395. The van der Waals surface area contributed by atoms with E-state index in [0.29, 0.717) is 10.8 Å². The van der Waals surface area contributed by atoms with Crippen molar-refractivity contribution in [2.75, 3.05) is 25.1 Å². The van der Waals surface area contributed by atoms with Gasteiger partial charge >= 0.3 is 0 Å². The summed E-state index contributed by atoms with van der Waals surface area (Å²) in [5.74, 6) is 0.390. The first-order chi connectivity index (χ1) is 7.41. The summed E-state index contributed by atoms with van der Waals surface area (Å²) in [6, 6.07) is -0.429. The lowest BCUT2D eigenvalue weighted by atomic mass is 10.3. The van der Waals surface area contributed by atoms with Crippen LogP contribution in [0.2, 0.25) is 5.02 Å². The van der Waals surface area contributed by atoms with E-state index in [1.165, 1.54) is 11.1 Å². The maximum absolute atomic E-state index is 11.6. The molecule has 1 aromatic heterocycles. The topological polar surface area (TPSA) is 84.1 Å². The zero-order valence-electron chi connectivity index (χ0n) is 9.36. The molecule has 0 bridgehead atoms. The van der Waals surface area contributed by atoms with Crippen LogP contribution in [0.5, 0.6) is 0 Å². The molecule has 1 aromatic rings. The highest BCUT2D eigenvalue weighted by atomic mass is 35.5. The van der Waals surface area contributed by atoms with Gasteiger partial charge in [0.1, 0.15) is 11.1 Å². The standard InChI is InChI=1S/C9H14ClN5O/c1-5(8(16)15(2)3)13-7-6(10)4-12-9(11)14-7/h4-5H,1-3H3,(H3,11,12,13,14). The highest BCUT2D eigenvalue weighted by molar-refractivity contribution is 6.32. The van der Waals surface area contributed by atoms with E-state index in [4.69, 9.17) is 17.3 Å². The summed E-state index contributed by atoms with van der Waals surface area (Å²) in [7, 11) is 3.35. The molecule has 1 unspecified atom stereocenters. The Labute approximate surface area is 98.8 Å². The molecule has 1 atom stereocenters. The Morgan fingerprint density at radius 2 is 2.25 bits per heavy atom. The minimum absolute atomic E-state index is 0.0757. The molecule has 7 heteroatoms. The van der Waals surface area contributed by atoms with Crippen LogP contribution in [0.15, 0.2) is 6.20 Å². The Kier molecular flexibility index (Phi) is 3.89. The van der Waals surface area contributed by atoms with Gasteiger partial charge in [-0.3, -0.25) is 4.79 Å². The number of nitrogens with two attached hydrogens (primary N) is 1. The number of halogens is 1. The van der Waals surface area contributed by atoms with Gasteiger partial charge in [0.25, 0.3) is 0 Å². The van der Waals surface area contributed by atoms with E-state index in [1.807, 2.05) is 0 Å². The van der Waals surface area contributed by atoms with Crippen molar-refractivity contribution in [2.45, 2.75) is 13.0 Å². The van der Waals surface area contributed by atoms with Crippen LogP contribution in [0.3, 0.4) is 0 Å². The lowest BCUT2D eigenvalue weighted by Crippen LogP contribution is -2.37. The van der Waals surface area contributed by atoms with E-state index >= 15 is 0 Å². The van der Waals surface area contributed by atoms with Gasteiger partial charge in [0.2, 0.25) is 11.9 Å². The number of hydrogen-bond donors (Lipinski definition) is 2. The monoisotopic (exact) mass is 243 g/mol. The zero-order chi connectivity index (χ0) is 12.3. The Hall–Kier alpha value is -1.56. The molecule has 0 saturated heterocycles. The van der Waals surface area contributed by atoms with Crippen molar-refractivity contribution >= 4 is 29.3 Å². The number of nitrogens with one attached hydrogen (secondary N) is 1. The number of hydrogen-bond acceptors (Lipinski definition) is 5. The van der Waals surface area contributed by atoms with Crippen molar-refractivity contribution in [1.82, 2.24) is 14.9 Å². The van der Waals surface area contributed by atoms with Gasteiger partial charge in [-0.1, -0.05) is 11.6 Å². The zero-order valence-corrected chi connectivity index (χ0v) is 10.1. The molecule has 1 amide bonds. The molecule has 16 heavy (non-hydrogen) atoms. The van der Waals surface area contributed by atoms with Crippen molar-refractivity contribution in [3.8, 4) is 0 Å². The third kappa shape index (κ3) is 2.96. The summed E-state index contributed by atoms with van der Waals surface area (Å²) in [6.45, 7) is 1.72. The van der Waals surface area contributed by atoms with Crippen LogP contribution in [0.25, 0.3) is 0 Å². The van der Waals surface area contributed by atoms with Crippen molar-refractivity contribution in [3.05, 3.63) is 11.2 Å². The van der Waals surface area contributed by atoms with Crippen LogP contribution < -0.4 is 11.1 Å².